The molecule has 0 aliphatic carbocycles. The van der Waals surface area contributed by atoms with Gasteiger partial charge >= 0.3 is 7.60 Å². The summed E-state index contributed by atoms with van der Waals surface area (Å²) in [5, 5.41) is 7.74. The van der Waals surface area contributed by atoms with Gasteiger partial charge in [0.2, 0.25) is 17.7 Å². The zero-order chi connectivity index (χ0) is 39.1. The molecule has 3 atom stereocenters. The van der Waals surface area contributed by atoms with Crippen LogP contribution in [0.4, 0.5) is 5.69 Å². The molecule has 4 amide bonds. The Morgan fingerprint density at radius 2 is 1.50 bits per heavy atom. The number of nitrogens with one attached hydrogen (secondary N) is 3. The monoisotopic (exact) mass is 758 g/mol. The van der Waals surface area contributed by atoms with Gasteiger partial charge in [-0.2, -0.15) is 0 Å². The van der Waals surface area contributed by atoms with Crippen molar-refractivity contribution in [2.45, 2.75) is 44.1 Å². The summed E-state index contributed by atoms with van der Waals surface area (Å²) >= 11 is 0. The molecule has 0 bridgehead atoms. The van der Waals surface area contributed by atoms with E-state index in [4.69, 9.17) is 32.0 Å². The molecule has 17 nitrogen and oxygen atoms in total. The Morgan fingerprint density at radius 1 is 0.889 bits per heavy atom. The van der Waals surface area contributed by atoms with Gasteiger partial charge in [0.1, 0.15) is 17.5 Å². The Labute approximate surface area is 312 Å². The van der Waals surface area contributed by atoms with Crippen molar-refractivity contribution >= 4 is 48.8 Å². The maximum absolute atomic E-state index is 14.9. The molecule has 0 radical (unpaired) electrons. The predicted octanol–water partition coefficient (Wildman–Crippen LogP) is 1.34. The molecule has 1 saturated heterocycles. The van der Waals surface area contributed by atoms with Crippen molar-refractivity contribution in [3.05, 3.63) is 90.5 Å². The van der Waals surface area contributed by atoms with Crippen LogP contribution in [0.15, 0.2) is 94.9 Å². The van der Waals surface area contributed by atoms with E-state index in [-0.39, 0.29) is 42.3 Å². The maximum Gasteiger partial charge on any atom is 0.457 e. The summed E-state index contributed by atoms with van der Waals surface area (Å²) in [5.74, 6) is 1.63. The Bertz CT molecular complexity index is 1900. The minimum absolute atomic E-state index is 0.133. The van der Waals surface area contributed by atoms with Crippen LogP contribution in [0.5, 0.6) is 11.5 Å². The van der Waals surface area contributed by atoms with Gasteiger partial charge in [-0.3, -0.25) is 24.2 Å². The highest BCUT2D eigenvalue weighted by atomic mass is 31.2. The van der Waals surface area contributed by atoms with Crippen LogP contribution in [-0.2, 0) is 23.7 Å². The highest BCUT2D eigenvalue weighted by Crippen LogP contribution is 2.59. The van der Waals surface area contributed by atoms with E-state index in [1.165, 1.54) is 24.0 Å². The standard InChI is InChI=1S/C36H43N10O7P/c1-24(47)46-22-10-16-30(46)33(50)44-29(15-8-9-21-41-35(37)38)32(49)42-23-31(48)45-34(25-17-19-26(20-18-25)43-36(39)40)54(51,52-27-11-4-2-5-12-27)53-28-13-6-3-7-14-28/h2-7,11-14,17-20,29-30,34H,9-10,16,21-23H2,1H3,(H,42,49)(H,44,50)(H,45,48)(H4,37,38,41)(H4,39,40,43). The number of carbonyl (C=O) groups excluding carboxylic acids is 4. The lowest BCUT2D eigenvalue weighted by atomic mass is 10.1. The maximum atomic E-state index is 14.9. The van der Waals surface area contributed by atoms with Crippen LogP contribution in [0.3, 0.4) is 0 Å². The topological polar surface area (TPSA) is 272 Å². The van der Waals surface area contributed by atoms with Gasteiger partial charge in [0.25, 0.3) is 5.91 Å². The van der Waals surface area contributed by atoms with Crippen LogP contribution in [-0.4, -0.2) is 72.2 Å². The number of carbonyl (C=O) groups is 4. The van der Waals surface area contributed by atoms with E-state index in [0.717, 1.165) is 0 Å². The van der Waals surface area contributed by atoms with E-state index in [1.807, 2.05) is 0 Å². The number of para-hydroxylation sites is 2. The Kier molecular flexibility index (Phi) is 14.4. The first-order valence-corrected chi connectivity index (χ1v) is 18.4. The van der Waals surface area contributed by atoms with Gasteiger partial charge in [0.05, 0.1) is 18.8 Å². The second kappa shape index (κ2) is 19.3. The first-order chi connectivity index (χ1) is 25.8. The summed E-state index contributed by atoms with van der Waals surface area (Å²) in [7, 11) is -4.40. The zero-order valence-corrected chi connectivity index (χ0v) is 30.4. The van der Waals surface area contributed by atoms with Gasteiger partial charge in [-0.15, -0.1) is 0 Å². The summed E-state index contributed by atoms with van der Waals surface area (Å²) < 4.78 is 26.9. The highest BCUT2D eigenvalue weighted by molar-refractivity contribution is 7.55. The summed E-state index contributed by atoms with van der Waals surface area (Å²) in [6, 6.07) is 20.5. The molecule has 1 aliphatic heterocycles. The van der Waals surface area contributed by atoms with Crippen molar-refractivity contribution in [3.8, 4) is 23.3 Å². The normalized spacial score (nSPS) is 14.5. The van der Waals surface area contributed by atoms with Crippen LogP contribution >= 0.6 is 7.60 Å². The first kappa shape index (κ1) is 40.2. The molecule has 3 unspecified atom stereocenters. The van der Waals surface area contributed by atoms with E-state index in [0.29, 0.717) is 30.6 Å². The third-order valence-corrected chi connectivity index (χ3v) is 9.73. The minimum Gasteiger partial charge on any atom is -0.414 e. The van der Waals surface area contributed by atoms with Gasteiger partial charge in [-0.1, -0.05) is 60.4 Å². The number of hydrogen-bond acceptors (Lipinski definition) is 9. The number of guanidine groups is 2. The van der Waals surface area contributed by atoms with Gasteiger partial charge in [0, 0.05) is 19.9 Å². The molecule has 54 heavy (non-hydrogen) atoms. The van der Waals surface area contributed by atoms with E-state index >= 15 is 0 Å². The predicted molar refractivity (Wildman–Crippen MR) is 203 cm³/mol. The van der Waals surface area contributed by atoms with Crippen LogP contribution in [0.2, 0.25) is 0 Å². The van der Waals surface area contributed by atoms with E-state index < -0.39 is 49.7 Å². The lowest BCUT2D eigenvalue weighted by molar-refractivity contribution is -0.137. The van der Waals surface area contributed by atoms with Crippen molar-refractivity contribution in [2.24, 2.45) is 32.9 Å². The first-order valence-electron chi connectivity index (χ1n) is 16.8. The molecule has 4 rings (SSSR count). The third kappa shape index (κ3) is 12.0. The number of amides is 4. The molecule has 1 fully saturated rings. The number of likely N-dealkylation sites (tertiary alicyclic amines) is 1. The second-order valence-corrected chi connectivity index (χ2v) is 13.8. The van der Waals surface area contributed by atoms with Crippen LogP contribution in [0.25, 0.3) is 0 Å². The van der Waals surface area contributed by atoms with Gasteiger partial charge in [-0.25, -0.2) is 9.56 Å². The Hall–Kier alpha value is -6.53. The van der Waals surface area contributed by atoms with Crippen molar-refractivity contribution in [1.29, 1.82) is 0 Å². The number of nitrogens with zero attached hydrogens (tertiary/aromatic N) is 3. The summed E-state index contributed by atoms with van der Waals surface area (Å²) in [5.41, 5.74) is 22.5. The molecule has 0 spiro atoms. The number of nitrogens with two attached hydrogens (primary N) is 4. The van der Waals surface area contributed by atoms with Crippen molar-refractivity contribution in [1.82, 2.24) is 20.9 Å². The fourth-order valence-corrected chi connectivity index (χ4v) is 7.23. The molecule has 284 valence electrons. The summed E-state index contributed by atoms with van der Waals surface area (Å²) in [4.78, 5) is 61.6. The molecular formula is C36H43N10O7P. The third-order valence-electron chi connectivity index (χ3n) is 7.74. The van der Waals surface area contributed by atoms with Gasteiger partial charge in [-0.05, 0) is 54.8 Å². The molecule has 11 N–H and O–H groups in total. The number of aliphatic imine (C=N–C) groups is 2. The van der Waals surface area contributed by atoms with Crippen molar-refractivity contribution in [3.63, 3.8) is 0 Å². The molecular weight excluding hydrogens is 715 g/mol. The minimum atomic E-state index is -4.40. The molecule has 18 heteroatoms. The van der Waals surface area contributed by atoms with Crippen molar-refractivity contribution in [2.75, 3.05) is 19.6 Å². The zero-order valence-electron chi connectivity index (χ0n) is 29.5. The lowest BCUT2D eigenvalue weighted by Gasteiger charge is -2.28. The quantitative estimate of drug-likeness (QED) is 0.0382. The van der Waals surface area contributed by atoms with Gasteiger partial charge in [0.15, 0.2) is 23.7 Å². The lowest BCUT2D eigenvalue weighted by Crippen LogP contribution is -2.53. The molecule has 1 aliphatic rings. The molecule has 0 saturated carbocycles. The van der Waals surface area contributed by atoms with E-state index in [1.54, 1.807) is 72.8 Å². The van der Waals surface area contributed by atoms with Crippen LogP contribution < -0.4 is 47.9 Å². The van der Waals surface area contributed by atoms with Crippen molar-refractivity contribution < 1.29 is 32.8 Å². The molecule has 1 heterocycles. The van der Waals surface area contributed by atoms with Crippen LogP contribution in [0, 0.1) is 11.8 Å². The molecule has 3 aromatic carbocycles. The molecule has 0 aromatic heterocycles. The SMILES string of the molecule is CC(=O)N1CCCC1C(=O)NC(C#CCCN=C(N)N)C(=O)NCC(=O)NC(c1ccc(N=C(N)N)cc1)P(=O)(Oc1ccccc1)Oc1ccccc1. The largest absolute Gasteiger partial charge is 0.457 e. The average Bonchev–Trinajstić information content (AvgIpc) is 3.64. The number of rotatable bonds is 15. The number of benzene rings is 3. The Balaban J connectivity index is 1.59. The average molecular weight is 759 g/mol. The fraction of sp³-hybridized carbons (Fsp3) is 0.278. The molecule has 3 aromatic rings. The van der Waals surface area contributed by atoms with Gasteiger partial charge < -0.3 is 52.8 Å². The number of hydrogen-bond donors (Lipinski definition) is 7. The second-order valence-electron chi connectivity index (χ2n) is 11.9. The van der Waals surface area contributed by atoms with E-state index in [2.05, 4.69) is 37.8 Å². The smallest absolute Gasteiger partial charge is 0.414 e. The fourth-order valence-electron chi connectivity index (χ4n) is 5.32. The summed E-state index contributed by atoms with van der Waals surface area (Å²) in [6.45, 7) is 1.27. The summed E-state index contributed by atoms with van der Waals surface area (Å²) in [6.07, 6.45) is 1.18. The highest BCUT2D eigenvalue weighted by Gasteiger charge is 2.42. The Morgan fingerprint density at radius 3 is 2.06 bits per heavy atom. The van der Waals surface area contributed by atoms with E-state index in [9.17, 15) is 23.7 Å². The van der Waals surface area contributed by atoms with Crippen LogP contribution in [0.1, 0.15) is 37.5 Å².